The van der Waals surface area contributed by atoms with Crippen molar-refractivity contribution in [2.24, 2.45) is 5.73 Å². The van der Waals surface area contributed by atoms with Crippen LogP contribution < -0.4 is 10.5 Å². The van der Waals surface area contributed by atoms with Crippen LogP contribution in [0.3, 0.4) is 0 Å². The van der Waals surface area contributed by atoms with E-state index >= 15 is 0 Å². The van der Waals surface area contributed by atoms with Gasteiger partial charge in [0.25, 0.3) is 0 Å². The smallest absolute Gasteiger partial charge is 0.122 e. The Kier molecular flexibility index (Phi) is 4.92. The lowest BCUT2D eigenvalue weighted by Crippen LogP contribution is -2.14. The highest BCUT2D eigenvalue weighted by Gasteiger charge is 2.12. The van der Waals surface area contributed by atoms with Gasteiger partial charge in [-0.15, -0.1) is 0 Å². The second-order valence-electron chi connectivity index (χ2n) is 4.80. The quantitative estimate of drug-likeness (QED) is 0.899. The summed E-state index contributed by atoms with van der Waals surface area (Å²) in [5.74, 6) is 0.853. The molecule has 0 radical (unpaired) electrons. The highest BCUT2D eigenvalue weighted by molar-refractivity contribution is 6.42. The van der Waals surface area contributed by atoms with Crippen LogP contribution >= 0.6 is 23.2 Å². The second-order valence-corrected chi connectivity index (χ2v) is 5.61. The largest absolute Gasteiger partial charge is 0.496 e. The Morgan fingerprint density at radius 3 is 2.50 bits per heavy atom. The maximum Gasteiger partial charge on any atom is 0.122 e. The van der Waals surface area contributed by atoms with E-state index in [2.05, 4.69) is 6.07 Å². The minimum absolute atomic E-state index is 0.152. The van der Waals surface area contributed by atoms with Gasteiger partial charge in [-0.1, -0.05) is 47.0 Å². The summed E-state index contributed by atoms with van der Waals surface area (Å²) in [5.41, 5.74) is 9.49. The van der Waals surface area contributed by atoms with Crippen molar-refractivity contribution in [1.29, 1.82) is 0 Å². The molecule has 0 saturated heterocycles. The predicted octanol–water partition coefficient (Wildman–Crippen LogP) is 4.55. The lowest BCUT2D eigenvalue weighted by molar-refractivity contribution is 0.408. The molecule has 0 spiro atoms. The zero-order valence-electron chi connectivity index (χ0n) is 11.5. The van der Waals surface area contributed by atoms with E-state index in [0.29, 0.717) is 16.5 Å². The molecule has 4 heteroatoms. The van der Waals surface area contributed by atoms with Crippen molar-refractivity contribution in [1.82, 2.24) is 0 Å². The summed E-state index contributed by atoms with van der Waals surface area (Å²) >= 11 is 12.0. The maximum atomic E-state index is 6.26. The van der Waals surface area contributed by atoms with Gasteiger partial charge in [-0.05, 0) is 42.7 Å². The van der Waals surface area contributed by atoms with Gasteiger partial charge in [0.2, 0.25) is 0 Å². The Bertz CT molecular complexity index is 613. The molecule has 2 aromatic rings. The predicted molar refractivity (Wildman–Crippen MR) is 84.8 cm³/mol. The molecule has 0 saturated carbocycles. The number of rotatable bonds is 4. The van der Waals surface area contributed by atoms with Crippen LogP contribution in [0.5, 0.6) is 5.75 Å². The maximum absolute atomic E-state index is 6.26. The molecule has 20 heavy (non-hydrogen) atoms. The van der Waals surface area contributed by atoms with Crippen LogP contribution in [0.25, 0.3) is 0 Å². The number of hydrogen-bond donors (Lipinski definition) is 1. The molecule has 2 aromatic carbocycles. The molecule has 0 heterocycles. The van der Waals surface area contributed by atoms with Crippen molar-refractivity contribution in [3.05, 3.63) is 63.1 Å². The van der Waals surface area contributed by atoms with E-state index < -0.39 is 0 Å². The second kappa shape index (κ2) is 6.49. The van der Waals surface area contributed by atoms with Crippen molar-refractivity contribution in [2.45, 2.75) is 19.4 Å². The zero-order valence-corrected chi connectivity index (χ0v) is 13.0. The molecular weight excluding hydrogens is 293 g/mol. The molecule has 2 nitrogen and oxygen atoms in total. The molecule has 0 aliphatic carbocycles. The molecule has 0 fully saturated rings. The van der Waals surface area contributed by atoms with E-state index in [0.717, 1.165) is 16.9 Å². The normalized spacial score (nSPS) is 12.2. The molecule has 2 rings (SSSR count). The molecule has 0 aliphatic heterocycles. The van der Waals surface area contributed by atoms with Gasteiger partial charge < -0.3 is 10.5 Å². The van der Waals surface area contributed by atoms with Gasteiger partial charge in [-0.25, -0.2) is 0 Å². The first-order valence-corrected chi connectivity index (χ1v) is 7.11. The molecule has 0 bridgehead atoms. The van der Waals surface area contributed by atoms with Crippen LogP contribution in [0, 0.1) is 6.92 Å². The Morgan fingerprint density at radius 1 is 1.10 bits per heavy atom. The zero-order chi connectivity index (χ0) is 14.7. The summed E-state index contributed by atoms with van der Waals surface area (Å²) in [6.07, 6.45) is 0.683. The first-order valence-electron chi connectivity index (χ1n) is 6.35. The SMILES string of the molecule is COc1ccc(C)cc1CC(N)c1ccc(Cl)c(Cl)c1. The van der Waals surface area contributed by atoms with Crippen LogP contribution in [0.15, 0.2) is 36.4 Å². The van der Waals surface area contributed by atoms with Crippen LogP contribution in [0.1, 0.15) is 22.7 Å². The highest BCUT2D eigenvalue weighted by atomic mass is 35.5. The number of hydrogen-bond acceptors (Lipinski definition) is 2. The topological polar surface area (TPSA) is 35.2 Å². The van der Waals surface area contributed by atoms with Crippen LogP contribution in [-0.2, 0) is 6.42 Å². The van der Waals surface area contributed by atoms with E-state index in [-0.39, 0.29) is 6.04 Å². The molecule has 0 aromatic heterocycles. The molecule has 1 atom stereocenters. The fraction of sp³-hybridized carbons (Fsp3) is 0.250. The molecule has 1 unspecified atom stereocenters. The third kappa shape index (κ3) is 3.45. The van der Waals surface area contributed by atoms with Crippen molar-refractivity contribution in [3.63, 3.8) is 0 Å². The van der Waals surface area contributed by atoms with Gasteiger partial charge in [-0.3, -0.25) is 0 Å². The van der Waals surface area contributed by atoms with Gasteiger partial charge in [-0.2, -0.15) is 0 Å². The van der Waals surface area contributed by atoms with Gasteiger partial charge in [0, 0.05) is 6.04 Å². The summed E-state index contributed by atoms with van der Waals surface area (Å²) < 4.78 is 5.38. The fourth-order valence-corrected chi connectivity index (χ4v) is 2.47. The Labute approximate surface area is 129 Å². The van der Waals surface area contributed by atoms with Gasteiger partial charge in [0.15, 0.2) is 0 Å². The van der Waals surface area contributed by atoms with Gasteiger partial charge in [0.05, 0.1) is 17.2 Å². The summed E-state index contributed by atoms with van der Waals surface area (Å²) in [6.45, 7) is 2.05. The minimum Gasteiger partial charge on any atom is -0.496 e. The molecule has 0 amide bonds. The van der Waals surface area contributed by atoms with E-state index in [1.165, 1.54) is 5.56 Å². The number of nitrogens with two attached hydrogens (primary N) is 1. The Morgan fingerprint density at radius 2 is 1.85 bits per heavy atom. The monoisotopic (exact) mass is 309 g/mol. The number of benzene rings is 2. The minimum atomic E-state index is -0.152. The van der Waals surface area contributed by atoms with Crippen LogP contribution in [0.2, 0.25) is 10.0 Å². The molecular formula is C16H17Cl2NO. The first-order chi connectivity index (χ1) is 9.51. The first kappa shape index (κ1) is 15.2. The molecule has 106 valence electrons. The summed E-state index contributed by atoms with van der Waals surface area (Å²) in [4.78, 5) is 0. The Balaban J connectivity index is 2.24. The lowest BCUT2D eigenvalue weighted by Gasteiger charge is -2.16. The van der Waals surface area contributed by atoms with Crippen molar-refractivity contribution in [2.75, 3.05) is 7.11 Å². The molecule has 2 N–H and O–H groups in total. The van der Waals surface area contributed by atoms with Crippen molar-refractivity contribution < 1.29 is 4.74 Å². The third-order valence-corrected chi connectivity index (χ3v) is 3.99. The van der Waals surface area contributed by atoms with E-state index in [1.54, 1.807) is 13.2 Å². The summed E-state index contributed by atoms with van der Waals surface area (Å²) in [7, 11) is 1.67. The highest BCUT2D eigenvalue weighted by Crippen LogP contribution is 2.28. The van der Waals surface area contributed by atoms with E-state index in [9.17, 15) is 0 Å². The number of methoxy groups -OCH3 is 1. The van der Waals surface area contributed by atoms with E-state index in [4.69, 9.17) is 33.7 Å². The van der Waals surface area contributed by atoms with E-state index in [1.807, 2.05) is 31.2 Å². The van der Waals surface area contributed by atoms with Crippen LogP contribution in [0.4, 0.5) is 0 Å². The van der Waals surface area contributed by atoms with Gasteiger partial charge >= 0.3 is 0 Å². The number of ether oxygens (including phenoxy) is 1. The molecule has 0 aliphatic rings. The van der Waals surface area contributed by atoms with Crippen molar-refractivity contribution >= 4 is 23.2 Å². The Hall–Kier alpha value is -1.22. The fourth-order valence-electron chi connectivity index (χ4n) is 2.16. The third-order valence-electron chi connectivity index (χ3n) is 3.25. The lowest BCUT2D eigenvalue weighted by atomic mass is 9.98. The average Bonchev–Trinajstić information content (AvgIpc) is 2.42. The average molecular weight is 310 g/mol. The summed E-state index contributed by atoms with van der Waals surface area (Å²) in [6, 6.07) is 11.4. The van der Waals surface area contributed by atoms with Gasteiger partial charge in [0.1, 0.15) is 5.75 Å². The van der Waals surface area contributed by atoms with Crippen molar-refractivity contribution in [3.8, 4) is 5.75 Å². The van der Waals surface area contributed by atoms with Crippen LogP contribution in [-0.4, -0.2) is 7.11 Å². The standard InChI is InChI=1S/C16H17Cl2NO/c1-10-3-6-16(20-2)12(7-10)9-15(19)11-4-5-13(17)14(18)8-11/h3-8,15H,9,19H2,1-2H3. The summed E-state index contributed by atoms with van der Waals surface area (Å²) in [5, 5.41) is 1.06. The number of aryl methyl sites for hydroxylation is 1. The number of halogens is 2.